The van der Waals surface area contributed by atoms with Crippen molar-refractivity contribution in [1.82, 2.24) is 10.6 Å². The molecule has 6 nitrogen and oxygen atoms in total. The topological polar surface area (TPSA) is 99.1 Å². The summed E-state index contributed by atoms with van der Waals surface area (Å²) in [7, 11) is 1.84. The molecule has 0 saturated carbocycles. The van der Waals surface area contributed by atoms with Crippen LogP contribution in [0.25, 0.3) is 0 Å². The van der Waals surface area contributed by atoms with Crippen LogP contribution in [-0.2, 0) is 16.0 Å². The van der Waals surface area contributed by atoms with Gasteiger partial charge < -0.3 is 20.2 Å². The molecule has 0 heterocycles. The highest BCUT2D eigenvalue weighted by molar-refractivity contribution is 5.96. The normalized spacial score (nSPS) is 10.2. The Morgan fingerprint density at radius 3 is 2.10 bits per heavy atom. The van der Waals surface area contributed by atoms with Crippen LogP contribution in [0.15, 0.2) is 79.0 Å². The van der Waals surface area contributed by atoms with Gasteiger partial charge in [0.2, 0.25) is 0 Å². The number of hydrogen-bond donors (Lipinski definition) is 2. The van der Waals surface area contributed by atoms with E-state index in [1.807, 2.05) is 57.0 Å². The summed E-state index contributed by atoms with van der Waals surface area (Å²) in [6.45, 7) is 14.0. The Morgan fingerprint density at radius 1 is 0.951 bits per heavy atom. The lowest BCUT2D eigenvalue weighted by atomic mass is 9.95. The average Bonchev–Trinajstić information content (AvgIpc) is 3.00. The minimum atomic E-state index is -0.791. The lowest BCUT2D eigenvalue weighted by Gasteiger charge is -2.22. The first-order chi connectivity index (χ1) is 19.6. The van der Waals surface area contributed by atoms with E-state index in [0.29, 0.717) is 23.5 Å². The molecule has 1 atom stereocenters. The van der Waals surface area contributed by atoms with Crippen LogP contribution in [-0.4, -0.2) is 26.5 Å². The third kappa shape index (κ3) is 13.3. The van der Waals surface area contributed by atoms with Crippen molar-refractivity contribution in [2.45, 2.75) is 46.1 Å². The largest absolute Gasteiger partial charge is 0.392 e. The molecule has 2 N–H and O–H groups in total. The highest BCUT2D eigenvalue weighted by Gasteiger charge is 2.19. The van der Waals surface area contributed by atoms with E-state index in [9.17, 15) is 18.8 Å². The molecule has 41 heavy (non-hydrogen) atoms. The smallest absolute Gasteiger partial charge is 0.252 e. The van der Waals surface area contributed by atoms with Crippen molar-refractivity contribution in [3.8, 4) is 6.07 Å². The Hall–Kier alpha value is -4.64. The summed E-state index contributed by atoms with van der Waals surface area (Å²) in [5, 5.41) is 15.5. The molecule has 1 unspecified atom stereocenters. The van der Waals surface area contributed by atoms with Crippen LogP contribution in [0, 0.1) is 35.8 Å². The van der Waals surface area contributed by atoms with Crippen LogP contribution < -0.4 is 10.6 Å². The van der Waals surface area contributed by atoms with Crippen molar-refractivity contribution in [3.05, 3.63) is 118 Å². The SMILES string of the molecule is C=C(CCc1ccc(C#N)cc1C(=O)NC(CC(C)C)c1ccccc1)NC.C=O.C=O.Cc1ccc(F)c(F)c1. The minimum Gasteiger partial charge on any atom is -0.392 e. The Labute approximate surface area is 242 Å². The number of halogens is 2. The van der Waals surface area contributed by atoms with Gasteiger partial charge in [-0.15, -0.1) is 0 Å². The molecule has 8 heteroatoms. The quantitative estimate of drug-likeness (QED) is 0.304. The maximum absolute atomic E-state index is 13.2. The van der Waals surface area contributed by atoms with E-state index in [0.717, 1.165) is 47.4 Å². The maximum Gasteiger partial charge on any atom is 0.252 e. The summed E-state index contributed by atoms with van der Waals surface area (Å²) in [5.41, 5.74) is 4.70. The molecular weight excluding hydrogens is 524 g/mol. The van der Waals surface area contributed by atoms with Gasteiger partial charge in [0, 0.05) is 18.3 Å². The number of benzene rings is 3. The van der Waals surface area contributed by atoms with E-state index < -0.39 is 11.6 Å². The van der Waals surface area contributed by atoms with Gasteiger partial charge in [0.05, 0.1) is 17.7 Å². The minimum absolute atomic E-state index is 0.0698. The molecular formula is C33H39F2N3O3. The van der Waals surface area contributed by atoms with Gasteiger partial charge in [-0.05, 0) is 73.1 Å². The van der Waals surface area contributed by atoms with Crippen molar-refractivity contribution in [2.75, 3.05) is 7.05 Å². The van der Waals surface area contributed by atoms with Gasteiger partial charge in [-0.3, -0.25) is 4.79 Å². The van der Waals surface area contributed by atoms with Crippen molar-refractivity contribution < 1.29 is 23.2 Å². The second kappa shape index (κ2) is 20.3. The van der Waals surface area contributed by atoms with Crippen LogP contribution in [0.2, 0.25) is 0 Å². The van der Waals surface area contributed by atoms with Gasteiger partial charge in [0.15, 0.2) is 11.6 Å². The Balaban J connectivity index is 0.00000103. The zero-order valence-electron chi connectivity index (χ0n) is 24.2. The molecule has 0 aliphatic rings. The predicted octanol–water partition coefficient (Wildman–Crippen LogP) is 6.64. The van der Waals surface area contributed by atoms with E-state index in [4.69, 9.17) is 9.59 Å². The first kappa shape index (κ1) is 36.4. The molecule has 0 bridgehead atoms. The van der Waals surface area contributed by atoms with Crippen molar-refractivity contribution in [1.29, 1.82) is 5.26 Å². The summed E-state index contributed by atoms with van der Waals surface area (Å²) in [6.07, 6.45) is 2.27. The fourth-order valence-electron chi connectivity index (χ4n) is 3.76. The van der Waals surface area contributed by atoms with E-state index >= 15 is 0 Å². The van der Waals surface area contributed by atoms with Crippen molar-refractivity contribution in [3.63, 3.8) is 0 Å². The molecule has 218 valence electrons. The lowest BCUT2D eigenvalue weighted by molar-refractivity contribution is -0.0987. The summed E-state index contributed by atoms with van der Waals surface area (Å²) in [5.74, 6) is -1.28. The van der Waals surface area contributed by atoms with Crippen LogP contribution in [0.3, 0.4) is 0 Å². The van der Waals surface area contributed by atoms with E-state index in [-0.39, 0.29) is 11.9 Å². The van der Waals surface area contributed by atoms with Crippen LogP contribution in [0.5, 0.6) is 0 Å². The molecule has 3 aromatic rings. The third-order valence-corrected chi connectivity index (χ3v) is 5.82. The van der Waals surface area contributed by atoms with Crippen LogP contribution in [0.4, 0.5) is 8.78 Å². The van der Waals surface area contributed by atoms with Crippen LogP contribution >= 0.6 is 0 Å². The highest BCUT2D eigenvalue weighted by Crippen LogP contribution is 2.23. The molecule has 1 amide bonds. The van der Waals surface area contributed by atoms with Crippen LogP contribution in [0.1, 0.15) is 65.3 Å². The molecule has 0 aliphatic heterocycles. The summed E-state index contributed by atoms with van der Waals surface area (Å²) in [6, 6.07) is 21.2. The number of carbonyl (C=O) groups excluding carboxylic acids is 3. The lowest BCUT2D eigenvalue weighted by Crippen LogP contribution is -2.30. The number of carbonyl (C=O) groups is 3. The first-order valence-electron chi connectivity index (χ1n) is 12.9. The number of nitrogens with zero attached hydrogens (tertiary/aromatic N) is 1. The number of nitriles is 1. The van der Waals surface area contributed by atoms with E-state index in [2.05, 4.69) is 37.1 Å². The van der Waals surface area contributed by atoms with Gasteiger partial charge in [-0.25, -0.2) is 8.78 Å². The number of nitrogens with one attached hydrogen (secondary N) is 2. The van der Waals surface area contributed by atoms with Gasteiger partial charge in [0.1, 0.15) is 13.6 Å². The highest BCUT2D eigenvalue weighted by atomic mass is 19.2. The summed E-state index contributed by atoms with van der Waals surface area (Å²) < 4.78 is 24.3. The number of amides is 1. The number of rotatable bonds is 9. The predicted molar refractivity (Wildman–Crippen MR) is 159 cm³/mol. The molecule has 0 saturated heterocycles. The summed E-state index contributed by atoms with van der Waals surface area (Å²) in [4.78, 5) is 29.2. The molecule has 0 aromatic heterocycles. The average molecular weight is 564 g/mol. The zero-order valence-corrected chi connectivity index (χ0v) is 24.2. The molecule has 0 aliphatic carbocycles. The van der Waals surface area contributed by atoms with Crippen molar-refractivity contribution in [2.24, 2.45) is 5.92 Å². The van der Waals surface area contributed by atoms with E-state index in [1.54, 1.807) is 19.1 Å². The van der Waals surface area contributed by atoms with Crippen molar-refractivity contribution >= 4 is 19.5 Å². The fourth-order valence-corrected chi connectivity index (χ4v) is 3.76. The summed E-state index contributed by atoms with van der Waals surface area (Å²) >= 11 is 0. The fraction of sp³-hybridized carbons (Fsp3) is 0.273. The van der Waals surface area contributed by atoms with Gasteiger partial charge >= 0.3 is 0 Å². The molecule has 3 aromatic carbocycles. The standard InChI is InChI=1S/C24H29N3O.C7H6F2.2CH2O/c1-17(2)14-23(21-8-6-5-7-9-21)27-24(28)22-15-19(16-25)11-13-20(22)12-10-18(3)26-4;1-5-2-3-6(8)7(9)4-5;2*1-2/h5-9,11,13,15,17,23,26H,3,10,12,14H2,1-2,4H3,(H,27,28);2-4H,1H3;2*1H2. The van der Waals surface area contributed by atoms with Gasteiger partial charge in [-0.2, -0.15) is 5.26 Å². The Bertz CT molecular complexity index is 1270. The Morgan fingerprint density at radius 2 is 1.59 bits per heavy atom. The molecule has 3 rings (SSSR count). The number of hydrogen-bond acceptors (Lipinski definition) is 5. The second-order valence-corrected chi connectivity index (χ2v) is 9.32. The first-order valence-corrected chi connectivity index (χ1v) is 12.9. The van der Waals surface area contributed by atoms with Gasteiger partial charge in [0.25, 0.3) is 5.91 Å². The number of aryl methyl sites for hydroxylation is 2. The monoisotopic (exact) mass is 563 g/mol. The second-order valence-electron chi connectivity index (χ2n) is 9.32. The third-order valence-electron chi connectivity index (χ3n) is 5.82. The maximum atomic E-state index is 13.2. The van der Waals surface area contributed by atoms with Gasteiger partial charge in [-0.1, -0.05) is 62.9 Å². The van der Waals surface area contributed by atoms with E-state index in [1.165, 1.54) is 6.07 Å². The molecule has 0 fully saturated rings. The molecule has 0 radical (unpaired) electrons. The zero-order chi connectivity index (χ0) is 31.4. The number of allylic oxidation sites excluding steroid dienone is 1. The Kier molecular flexibility index (Phi) is 18.0. The molecule has 0 spiro atoms.